The molecule has 16 heavy (non-hydrogen) atoms. The minimum absolute atomic E-state index is 0.0467. The zero-order valence-corrected chi connectivity index (χ0v) is 11.0. The van der Waals surface area contributed by atoms with E-state index in [1.807, 2.05) is 6.92 Å². The fraction of sp³-hybridized carbons (Fsp3) is 0.917. The lowest BCUT2D eigenvalue weighted by Gasteiger charge is -2.19. The van der Waals surface area contributed by atoms with Crippen LogP contribution in [-0.2, 0) is 4.74 Å². The van der Waals surface area contributed by atoms with E-state index in [0.717, 1.165) is 32.7 Å². The average molecular weight is 227 g/mol. The Kier molecular flexibility index (Phi) is 9.21. The molecule has 0 amide bonds. The van der Waals surface area contributed by atoms with Gasteiger partial charge in [0.05, 0.1) is 18.7 Å². The van der Waals surface area contributed by atoms with Gasteiger partial charge in [0.15, 0.2) is 0 Å². The summed E-state index contributed by atoms with van der Waals surface area (Å²) in [5.74, 6) is 0. The van der Waals surface area contributed by atoms with Gasteiger partial charge in [-0.05, 0) is 34.2 Å². The zero-order valence-electron chi connectivity index (χ0n) is 11.0. The van der Waals surface area contributed by atoms with Crippen molar-refractivity contribution in [2.45, 2.75) is 39.3 Å². The van der Waals surface area contributed by atoms with Crippen molar-refractivity contribution in [2.24, 2.45) is 0 Å². The minimum atomic E-state index is -0.0467. The van der Waals surface area contributed by atoms with E-state index in [4.69, 9.17) is 10.00 Å². The first-order valence-electron chi connectivity index (χ1n) is 6.02. The molecule has 0 bridgehead atoms. The van der Waals surface area contributed by atoms with Crippen LogP contribution in [0.25, 0.3) is 0 Å². The van der Waals surface area contributed by atoms with E-state index in [-0.39, 0.29) is 6.04 Å². The Bertz CT molecular complexity index is 201. The van der Waals surface area contributed by atoms with Gasteiger partial charge in [-0.2, -0.15) is 5.26 Å². The second-order valence-electron chi connectivity index (χ2n) is 4.29. The molecule has 0 saturated carbocycles. The molecule has 0 rings (SSSR count). The normalized spacial score (nSPS) is 13.1. The van der Waals surface area contributed by atoms with Crippen molar-refractivity contribution in [3.63, 3.8) is 0 Å². The summed E-state index contributed by atoms with van der Waals surface area (Å²) in [4.78, 5) is 2.20. The smallest absolute Gasteiger partial charge is 0.0967 e. The van der Waals surface area contributed by atoms with Crippen molar-refractivity contribution in [3.05, 3.63) is 0 Å². The van der Waals surface area contributed by atoms with Gasteiger partial charge in [0.2, 0.25) is 0 Å². The van der Waals surface area contributed by atoms with Crippen LogP contribution in [0.2, 0.25) is 0 Å². The highest BCUT2D eigenvalue weighted by atomic mass is 16.5. The summed E-state index contributed by atoms with van der Waals surface area (Å²) in [6, 6.07) is 2.60. The summed E-state index contributed by atoms with van der Waals surface area (Å²) in [6.07, 6.45) is 0.858. The minimum Gasteiger partial charge on any atom is -0.380 e. The lowest BCUT2D eigenvalue weighted by molar-refractivity contribution is 0.121. The highest BCUT2D eigenvalue weighted by Gasteiger charge is 2.09. The highest BCUT2D eigenvalue weighted by molar-refractivity contribution is 4.90. The van der Waals surface area contributed by atoms with E-state index in [9.17, 15) is 0 Å². The lowest BCUT2D eigenvalue weighted by atomic mass is 10.2. The standard InChI is InChI=1S/C12H25N3O/c1-5-16-9-8-15(4)7-6-12(10-13)14-11(2)3/h11-12,14H,5-9H2,1-4H3. The van der Waals surface area contributed by atoms with Gasteiger partial charge in [-0.3, -0.25) is 5.32 Å². The Morgan fingerprint density at radius 1 is 1.38 bits per heavy atom. The molecule has 0 aromatic carbocycles. The Morgan fingerprint density at radius 2 is 2.06 bits per heavy atom. The van der Waals surface area contributed by atoms with Crippen molar-refractivity contribution in [3.8, 4) is 6.07 Å². The molecule has 0 spiro atoms. The van der Waals surface area contributed by atoms with Gasteiger partial charge >= 0.3 is 0 Å². The van der Waals surface area contributed by atoms with Crippen molar-refractivity contribution in [2.75, 3.05) is 33.4 Å². The third-order valence-electron chi connectivity index (χ3n) is 2.31. The Morgan fingerprint density at radius 3 is 2.56 bits per heavy atom. The van der Waals surface area contributed by atoms with Crippen LogP contribution in [0.4, 0.5) is 0 Å². The van der Waals surface area contributed by atoms with Gasteiger partial charge in [-0.1, -0.05) is 0 Å². The van der Waals surface area contributed by atoms with Crippen LogP contribution in [0.1, 0.15) is 27.2 Å². The molecule has 0 aliphatic carbocycles. The van der Waals surface area contributed by atoms with Crippen LogP contribution in [0, 0.1) is 11.3 Å². The fourth-order valence-electron chi connectivity index (χ4n) is 1.41. The van der Waals surface area contributed by atoms with Crippen LogP contribution in [0.15, 0.2) is 0 Å². The third kappa shape index (κ3) is 8.66. The van der Waals surface area contributed by atoms with Crippen molar-refractivity contribution < 1.29 is 4.74 Å². The number of hydrogen-bond acceptors (Lipinski definition) is 4. The third-order valence-corrected chi connectivity index (χ3v) is 2.31. The van der Waals surface area contributed by atoms with Crippen molar-refractivity contribution >= 4 is 0 Å². The predicted molar refractivity (Wildman–Crippen MR) is 66.3 cm³/mol. The monoisotopic (exact) mass is 227 g/mol. The molecule has 1 unspecified atom stereocenters. The number of hydrogen-bond donors (Lipinski definition) is 1. The maximum Gasteiger partial charge on any atom is 0.0967 e. The number of ether oxygens (including phenoxy) is 1. The molecule has 0 aromatic rings. The second-order valence-corrected chi connectivity index (χ2v) is 4.29. The Labute approximate surface area is 99.6 Å². The predicted octanol–water partition coefficient (Wildman–Crippen LogP) is 1.23. The summed E-state index contributed by atoms with van der Waals surface area (Å²) >= 11 is 0. The summed E-state index contributed by atoms with van der Waals surface area (Å²) in [6.45, 7) is 9.49. The molecule has 94 valence electrons. The average Bonchev–Trinajstić information content (AvgIpc) is 2.24. The first-order valence-corrected chi connectivity index (χ1v) is 6.02. The second kappa shape index (κ2) is 9.59. The number of nitriles is 1. The molecule has 0 saturated heterocycles. The quantitative estimate of drug-likeness (QED) is 0.602. The molecule has 0 heterocycles. The molecule has 0 aliphatic rings. The van der Waals surface area contributed by atoms with E-state index >= 15 is 0 Å². The molecule has 1 atom stereocenters. The van der Waals surface area contributed by atoms with Gasteiger partial charge < -0.3 is 9.64 Å². The van der Waals surface area contributed by atoms with Crippen LogP contribution in [0.5, 0.6) is 0 Å². The van der Waals surface area contributed by atoms with Gasteiger partial charge in [0, 0.05) is 25.7 Å². The van der Waals surface area contributed by atoms with Crippen LogP contribution in [0.3, 0.4) is 0 Å². The molecule has 4 heteroatoms. The molecular weight excluding hydrogens is 202 g/mol. The van der Waals surface area contributed by atoms with E-state index in [1.54, 1.807) is 0 Å². The molecule has 1 N–H and O–H groups in total. The first-order chi connectivity index (χ1) is 7.60. The van der Waals surface area contributed by atoms with Crippen molar-refractivity contribution in [1.29, 1.82) is 5.26 Å². The van der Waals surface area contributed by atoms with Crippen LogP contribution >= 0.6 is 0 Å². The first kappa shape index (κ1) is 15.4. The maximum atomic E-state index is 8.95. The number of nitrogens with zero attached hydrogens (tertiary/aromatic N) is 2. The molecule has 0 aromatic heterocycles. The molecule has 0 fully saturated rings. The van der Waals surface area contributed by atoms with E-state index < -0.39 is 0 Å². The summed E-state index contributed by atoms with van der Waals surface area (Å²) in [5.41, 5.74) is 0. The largest absolute Gasteiger partial charge is 0.380 e. The van der Waals surface area contributed by atoms with E-state index in [2.05, 4.69) is 37.2 Å². The van der Waals surface area contributed by atoms with Crippen molar-refractivity contribution in [1.82, 2.24) is 10.2 Å². The summed E-state index contributed by atoms with van der Waals surface area (Å²) in [7, 11) is 2.06. The zero-order chi connectivity index (χ0) is 12.4. The van der Waals surface area contributed by atoms with E-state index in [0.29, 0.717) is 6.04 Å². The SMILES string of the molecule is CCOCCN(C)CCC(C#N)NC(C)C. The number of nitrogens with one attached hydrogen (secondary N) is 1. The molecule has 0 radical (unpaired) electrons. The Balaban J connectivity index is 3.63. The lowest BCUT2D eigenvalue weighted by Crippen LogP contribution is -2.36. The van der Waals surface area contributed by atoms with E-state index in [1.165, 1.54) is 0 Å². The summed E-state index contributed by atoms with van der Waals surface area (Å²) < 4.78 is 5.28. The fourth-order valence-corrected chi connectivity index (χ4v) is 1.41. The topological polar surface area (TPSA) is 48.3 Å². The van der Waals surface area contributed by atoms with Gasteiger partial charge in [-0.25, -0.2) is 0 Å². The van der Waals surface area contributed by atoms with Crippen LogP contribution in [-0.4, -0.2) is 50.3 Å². The maximum absolute atomic E-state index is 8.95. The number of likely N-dealkylation sites (N-methyl/N-ethyl adjacent to an activating group) is 1. The van der Waals surface area contributed by atoms with Gasteiger partial charge in [0.1, 0.15) is 0 Å². The molecule has 4 nitrogen and oxygen atoms in total. The Hall–Kier alpha value is -0.630. The number of rotatable bonds is 9. The van der Waals surface area contributed by atoms with Gasteiger partial charge in [0.25, 0.3) is 0 Å². The summed E-state index contributed by atoms with van der Waals surface area (Å²) in [5, 5.41) is 12.2. The van der Waals surface area contributed by atoms with Gasteiger partial charge in [-0.15, -0.1) is 0 Å². The molecular formula is C12H25N3O. The highest BCUT2D eigenvalue weighted by Crippen LogP contribution is 1.96. The van der Waals surface area contributed by atoms with Crippen LogP contribution < -0.4 is 5.32 Å². The molecule has 0 aliphatic heterocycles.